The fraction of sp³-hybridized carbons (Fsp3) is 0.350. The topological polar surface area (TPSA) is 78.3 Å². The van der Waals surface area contributed by atoms with Gasteiger partial charge in [-0.3, -0.25) is 9.48 Å². The van der Waals surface area contributed by atoms with E-state index in [4.69, 9.17) is 9.47 Å². The quantitative estimate of drug-likeness (QED) is 0.653. The minimum absolute atomic E-state index is 0.0684. The first kappa shape index (κ1) is 19.9. The summed E-state index contributed by atoms with van der Waals surface area (Å²) in [7, 11) is 5.14. The van der Waals surface area contributed by atoms with E-state index in [1.807, 2.05) is 49.2 Å². The Hall–Kier alpha value is -2.87. The fourth-order valence-corrected chi connectivity index (χ4v) is 3.80. The van der Waals surface area contributed by atoms with Gasteiger partial charge in [0.05, 0.1) is 25.6 Å². The lowest BCUT2D eigenvalue weighted by molar-refractivity contribution is -0.116. The molecule has 0 aliphatic heterocycles. The summed E-state index contributed by atoms with van der Waals surface area (Å²) in [6.07, 6.45) is 1.03. The molecule has 3 aromatic rings. The smallest absolute Gasteiger partial charge is 0.226 e. The number of thiazole rings is 1. The van der Waals surface area contributed by atoms with Gasteiger partial charge in [-0.25, -0.2) is 4.98 Å². The van der Waals surface area contributed by atoms with Crippen LogP contribution in [0, 0.1) is 13.8 Å². The second-order valence-corrected chi connectivity index (χ2v) is 7.28. The Morgan fingerprint density at radius 3 is 2.68 bits per heavy atom. The van der Waals surface area contributed by atoms with Crippen LogP contribution in [0.4, 0.5) is 5.13 Å². The molecule has 1 amide bonds. The molecule has 0 saturated carbocycles. The highest BCUT2D eigenvalue weighted by Gasteiger charge is 2.15. The number of carbonyl (C=O) groups is 1. The van der Waals surface area contributed by atoms with E-state index in [2.05, 4.69) is 15.4 Å². The summed E-state index contributed by atoms with van der Waals surface area (Å²) >= 11 is 1.38. The predicted molar refractivity (Wildman–Crippen MR) is 110 cm³/mol. The van der Waals surface area contributed by atoms with E-state index in [0.717, 1.165) is 34.0 Å². The van der Waals surface area contributed by atoms with Crippen molar-refractivity contribution in [3.05, 3.63) is 40.5 Å². The molecule has 0 saturated heterocycles. The van der Waals surface area contributed by atoms with Crippen molar-refractivity contribution in [1.82, 2.24) is 14.8 Å². The minimum Gasteiger partial charge on any atom is -0.497 e. The van der Waals surface area contributed by atoms with Crippen molar-refractivity contribution in [2.24, 2.45) is 7.05 Å². The Morgan fingerprint density at radius 2 is 2.04 bits per heavy atom. The van der Waals surface area contributed by atoms with E-state index in [-0.39, 0.29) is 5.91 Å². The van der Waals surface area contributed by atoms with E-state index in [1.165, 1.54) is 11.3 Å². The van der Waals surface area contributed by atoms with Crippen LogP contribution in [0.5, 0.6) is 11.5 Å². The molecule has 3 rings (SSSR count). The van der Waals surface area contributed by atoms with Crippen molar-refractivity contribution >= 4 is 22.4 Å². The summed E-state index contributed by atoms with van der Waals surface area (Å²) in [5.41, 5.74) is 4.73. The molecule has 0 radical (unpaired) electrons. The van der Waals surface area contributed by atoms with Gasteiger partial charge in [0.1, 0.15) is 11.5 Å². The molecule has 0 aliphatic rings. The Balaban J connectivity index is 1.68. The Labute approximate surface area is 168 Å². The second-order valence-electron chi connectivity index (χ2n) is 6.43. The summed E-state index contributed by atoms with van der Waals surface area (Å²) in [6, 6.07) is 5.54. The van der Waals surface area contributed by atoms with E-state index in [1.54, 1.807) is 14.2 Å². The average Bonchev–Trinajstić information content (AvgIpc) is 3.24. The number of rotatable bonds is 7. The van der Waals surface area contributed by atoms with Crippen LogP contribution in [0.1, 0.15) is 23.4 Å². The molecule has 1 N–H and O–H groups in total. The molecular weight excluding hydrogens is 376 g/mol. The van der Waals surface area contributed by atoms with Gasteiger partial charge in [0.15, 0.2) is 5.13 Å². The molecule has 2 aromatic heterocycles. The third-order valence-electron chi connectivity index (χ3n) is 4.69. The second kappa shape index (κ2) is 8.43. The number of hydrogen-bond donors (Lipinski definition) is 1. The maximum Gasteiger partial charge on any atom is 0.226 e. The van der Waals surface area contributed by atoms with Gasteiger partial charge >= 0.3 is 0 Å². The molecule has 0 bridgehead atoms. The van der Waals surface area contributed by atoms with E-state index < -0.39 is 0 Å². The summed E-state index contributed by atoms with van der Waals surface area (Å²) in [4.78, 5) is 16.9. The van der Waals surface area contributed by atoms with E-state index in [9.17, 15) is 4.79 Å². The van der Waals surface area contributed by atoms with Crippen LogP contribution in [0.25, 0.3) is 11.3 Å². The van der Waals surface area contributed by atoms with Crippen LogP contribution < -0.4 is 14.8 Å². The van der Waals surface area contributed by atoms with Crippen molar-refractivity contribution in [2.45, 2.75) is 26.7 Å². The Bertz CT molecular complexity index is 993. The summed E-state index contributed by atoms with van der Waals surface area (Å²) in [5.74, 6) is 1.35. The minimum atomic E-state index is -0.0684. The molecule has 0 unspecified atom stereocenters. The fourth-order valence-electron chi connectivity index (χ4n) is 3.07. The summed E-state index contributed by atoms with van der Waals surface area (Å²) in [6.45, 7) is 3.98. The van der Waals surface area contributed by atoms with Gasteiger partial charge in [0, 0.05) is 30.1 Å². The molecule has 0 atom stereocenters. The molecule has 148 valence electrons. The number of hydrogen-bond acceptors (Lipinski definition) is 6. The first-order valence-electron chi connectivity index (χ1n) is 8.89. The molecule has 2 heterocycles. The zero-order chi connectivity index (χ0) is 20.3. The highest BCUT2D eigenvalue weighted by Crippen LogP contribution is 2.35. The molecule has 0 spiro atoms. The molecule has 8 heteroatoms. The van der Waals surface area contributed by atoms with Gasteiger partial charge in [0.2, 0.25) is 5.91 Å². The number of carbonyl (C=O) groups excluding carboxylic acids is 1. The number of aryl methyl sites for hydroxylation is 2. The van der Waals surface area contributed by atoms with Gasteiger partial charge in [-0.05, 0) is 44.0 Å². The lowest BCUT2D eigenvalue weighted by Crippen LogP contribution is -2.12. The van der Waals surface area contributed by atoms with Gasteiger partial charge in [0.25, 0.3) is 0 Å². The molecule has 0 aliphatic carbocycles. The molecule has 7 nitrogen and oxygen atoms in total. The lowest BCUT2D eigenvalue weighted by Gasteiger charge is -2.08. The van der Waals surface area contributed by atoms with Crippen LogP contribution in [0.2, 0.25) is 0 Å². The number of nitrogens with zero attached hydrogens (tertiary/aromatic N) is 3. The van der Waals surface area contributed by atoms with Crippen molar-refractivity contribution in [1.29, 1.82) is 0 Å². The third kappa shape index (κ3) is 4.17. The standard InChI is InChI=1S/C20H24N4O3S/c1-12-15(13(2)24(3)23-12)7-9-19(25)22-20-21-17(11-28-20)16-10-14(26-4)6-8-18(16)27-5/h6,8,10-11H,7,9H2,1-5H3,(H,21,22,25). The normalized spacial score (nSPS) is 10.8. The zero-order valence-electron chi connectivity index (χ0n) is 16.7. The summed E-state index contributed by atoms with van der Waals surface area (Å²) in [5, 5.41) is 9.73. The van der Waals surface area contributed by atoms with Crippen molar-refractivity contribution < 1.29 is 14.3 Å². The number of ether oxygens (including phenoxy) is 2. The lowest BCUT2D eigenvalue weighted by atomic mass is 10.1. The third-order valence-corrected chi connectivity index (χ3v) is 5.45. The van der Waals surface area contributed by atoms with Crippen LogP contribution in [-0.4, -0.2) is 34.9 Å². The van der Waals surface area contributed by atoms with Crippen LogP contribution in [-0.2, 0) is 18.3 Å². The zero-order valence-corrected chi connectivity index (χ0v) is 17.5. The average molecular weight is 401 g/mol. The maximum atomic E-state index is 12.4. The van der Waals surface area contributed by atoms with Crippen molar-refractivity contribution in [3.63, 3.8) is 0 Å². The highest BCUT2D eigenvalue weighted by molar-refractivity contribution is 7.14. The summed E-state index contributed by atoms with van der Waals surface area (Å²) < 4.78 is 12.5. The first-order valence-corrected chi connectivity index (χ1v) is 9.77. The van der Waals surface area contributed by atoms with E-state index in [0.29, 0.717) is 23.7 Å². The number of amides is 1. The molecule has 1 aromatic carbocycles. The Morgan fingerprint density at radius 1 is 1.25 bits per heavy atom. The molecule has 0 fully saturated rings. The SMILES string of the molecule is COc1ccc(OC)c(-c2csc(NC(=O)CCc3c(C)nn(C)c3C)n2)c1. The maximum absolute atomic E-state index is 12.4. The van der Waals surface area contributed by atoms with Gasteiger partial charge < -0.3 is 14.8 Å². The van der Waals surface area contributed by atoms with Crippen LogP contribution >= 0.6 is 11.3 Å². The molecule has 28 heavy (non-hydrogen) atoms. The number of anilines is 1. The number of benzene rings is 1. The van der Waals surface area contributed by atoms with Gasteiger partial charge in [-0.15, -0.1) is 11.3 Å². The largest absolute Gasteiger partial charge is 0.497 e. The van der Waals surface area contributed by atoms with Crippen LogP contribution in [0.3, 0.4) is 0 Å². The van der Waals surface area contributed by atoms with Gasteiger partial charge in [-0.2, -0.15) is 5.10 Å². The molecular formula is C20H24N4O3S. The number of nitrogens with one attached hydrogen (secondary N) is 1. The monoisotopic (exact) mass is 400 g/mol. The first-order chi connectivity index (χ1) is 13.4. The van der Waals surface area contributed by atoms with Crippen molar-refractivity contribution in [2.75, 3.05) is 19.5 Å². The highest BCUT2D eigenvalue weighted by atomic mass is 32.1. The van der Waals surface area contributed by atoms with Crippen molar-refractivity contribution in [3.8, 4) is 22.8 Å². The van der Waals surface area contributed by atoms with Crippen LogP contribution in [0.15, 0.2) is 23.6 Å². The Kier molecular flexibility index (Phi) is 5.99. The number of methoxy groups -OCH3 is 2. The van der Waals surface area contributed by atoms with E-state index >= 15 is 0 Å². The predicted octanol–water partition coefficient (Wildman–Crippen LogP) is 3.75. The van der Waals surface area contributed by atoms with Gasteiger partial charge in [-0.1, -0.05) is 0 Å². The number of aromatic nitrogens is 3.